The highest BCUT2D eigenvalue weighted by Gasteiger charge is 2.24. The van der Waals surface area contributed by atoms with E-state index in [1.54, 1.807) is 6.07 Å². The largest absolute Gasteiger partial charge is 0.361 e. The molecule has 122 valence electrons. The van der Waals surface area contributed by atoms with Gasteiger partial charge >= 0.3 is 0 Å². The van der Waals surface area contributed by atoms with Gasteiger partial charge < -0.3 is 14.3 Å². The lowest BCUT2D eigenvalue weighted by Gasteiger charge is -2.35. The van der Waals surface area contributed by atoms with Crippen LogP contribution in [0.2, 0.25) is 5.15 Å². The summed E-state index contributed by atoms with van der Waals surface area (Å²) in [6.45, 7) is 6.45. The number of aromatic nitrogens is 3. The third kappa shape index (κ3) is 3.44. The van der Waals surface area contributed by atoms with E-state index < -0.39 is 0 Å². The molecule has 23 heavy (non-hydrogen) atoms. The van der Waals surface area contributed by atoms with Gasteiger partial charge in [0.05, 0.1) is 12.1 Å². The van der Waals surface area contributed by atoms with Crippen LogP contribution in [0.25, 0.3) is 0 Å². The van der Waals surface area contributed by atoms with Crippen molar-refractivity contribution in [1.29, 1.82) is 0 Å². The molecular weight excluding hydrogens is 318 g/mol. The molecule has 3 heterocycles. The first-order valence-corrected chi connectivity index (χ1v) is 7.84. The maximum atomic E-state index is 12.5. The van der Waals surface area contributed by atoms with Crippen LogP contribution in [0, 0.1) is 13.8 Å². The molecule has 0 bridgehead atoms. The van der Waals surface area contributed by atoms with Crippen molar-refractivity contribution in [3.8, 4) is 0 Å². The van der Waals surface area contributed by atoms with E-state index in [2.05, 4.69) is 20.0 Å². The highest BCUT2D eigenvalue weighted by atomic mass is 35.5. The van der Waals surface area contributed by atoms with Gasteiger partial charge in [-0.05, 0) is 13.8 Å². The van der Waals surface area contributed by atoms with Gasteiger partial charge in [0.15, 0.2) is 0 Å². The molecule has 1 saturated heterocycles. The minimum Gasteiger partial charge on any atom is -0.361 e. The molecule has 0 aromatic carbocycles. The van der Waals surface area contributed by atoms with Gasteiger partial charge in [0.2, 0.25) is 5.91 Å². The highest BCUT2D eigenvalue weighted by molar-refractivity contribution is 6.29. The van der Waals surface area contributed by atoms with E-state index in [9.17, 15) is 4.79 Å². The molecule has 0 atom stereocenters. The maximum Gasteiger partial charge on any atom is 0.227 e. The first kappa shape index (κ1) is 15.7. The van der Waals surface area contributed by atoms with Crippen molar-refractivity contribution >= 4 is 23.3 Å². The van der Waals surface area contributed by atoms with Crippen LogP contribution in [0.4, 0.5) is 5.82 Å². The van der Waals surface area contributed by atoms with Crippen molar-refractivity contribution < 1.29 is 9.32 Å². The normalized spacial score (nSPS) is 15.1. The molecule has 1 amide bonds. The number of nitrogens with zero attached hydrogens (tertiary/aromatic N) is 5. The second-order valence-electron chi connectivity index (χ2n) is 5.55. The molecule has 0 spiro atoms. The Labute approximate surface area is 139 Å². The molecule has 0 radical (unpaired) electrons. The van der Waals surface area contributed by atoms with Crippen molar-refractivity contribution in [3.63, 3.8) is 0 Å². The topological polar surface area (TPSA) is 75.4 Å². The van der Waals surface area contributed by atoms with E-state index in [0.717, 1.165) is 30.2 Å². The zero-order valence-electron chi connectivity index (χ0n) is 13.1. The van der Waals surface area contributed by atoms with Gasteiger partial charge in [-0.3, -0.25) is 4.79 Å². The van der Waals surface area contributed by atoms with E-state index in [0.29, 0.717) is 30.4 Å². The molecule has 1 aliphatic rings. The second-order valence-corrected chi connectivity index (χ2v) is 5.93. The molecule has 8 heteroatoms. The van der Waals surface area contributed by atoms with E-state index in [1.807, 2.05) is 18.7 Å². The third-order valence-electron chi connectivity index (χ3n) is 4.08. The molecule has 0 N–H and O–H groups in total. The summed E-state index contributed by atoms with van der Waals surface area (Å²) in [4.78, 5) is 24.5. The number of rotatable bonds is 3. The highest BCUT2D eigenvalue weighted by Crippen LogP contribution is 2.18. The predicted octanol–water partition coefficient (Wildman–Crippen LogP) is 1.63. The average molecular weight is 336 g/mol. The minimum atomic E-state index is 0.0970. The maximum absolute atomic E-state index is 12.5. The third-order valence-corrected chi connectivity index (χ3v) is 4.29. The van der Waals surface area contributed by atoms with E-state index >= 15 is 0 Å². The van der Waals surface area contributed by atoms with Crippen LogP contribution in [0.15, 0.2) is 16.9 Å². The van der Waals surface area contributed by atoms with Crippen LogP contribution in [0.3, 0.4) is 0 Å². The number of aryl methyl sites for hydroxylation is 2. The molecular formula is C15H18ClN5O2. The summed E-state index contributed by atoms with van der Waals surface area (Å²) in [7, 11) is 0. The Morgan fingerprint density at radius 1 is 1.26 bits per heavy atom. The van der Waals surface area contributed by atoms with Gasteiger partial charge in [-0.2, -0.15) is 0 Å². The van der Waals surface area contributed by atoms with Gasteiger partial charge in [-0.1, -0.05) is 16.8 Å². The number of hydrogen-bond donors (Lipinski definition) is 0. The number of anilines is 1. The summed E-state index contributed by atoms with van der Waals surface area (Å²) >= 11 is 5.90. The van der Waals surface area contributed by atoms with Crippen molar-refractivity contribution in [2.24, 2.45) is 0 Å². The lowest BCUT2D eigenvalue weighted by Crippen LogP contribution is -2.49. The van der Waals surface area contributed by atoms with Gasteiger partial charge in [0, 0.05) is 37.8 Å². The Bertz CT molecular complexity index is 690. The zero-order chi connectivity index (χ0) is 16.4. The van der Waals surface area contributed by atoms with E-state index in [-0.39, 0.29) is 5.91 Å². The van der Waals surface area contributed by atoms with Gasteiger partial charge in [0.25, 0.3) is 0 Å². The molecule has 0 saturated carbocycles. The number of carbonyl (C=O) groups is 1. The zero-order valence-corrected chi connectivity index (χ0v) is 13.9. The van der Waals surface area contributed by atoms with Crippen LogP contribution in [0.5, 0.6) is 0 Å². The van der Waals surface area contributed by atoms with Crippen LogP contribution >= 0.6 is 11.6 Å². The summed E-state index contributed by atoms with van der Waals surface area (Å²) in [5.74, 6) is 1.60. The van der Waals surface area contributed by atoms with Gasteiger partial charge in [-0.25, -0.2) is 9.97 Å². The fourth-order valence-electron chi connectivity index (χ4n) is 2.70. The second kappa shape index (κ2) is 6.54. The van der Waals surface area contributed by atoms with Crippen LogP contribution in [-0.4, -0.2) is 52.1 Å². The standard InChI is InChI=1S/C15H18ClN5O2/c1-10-12(11(2)23-19-10)7-15(22)21-5-3-20(4-6-21)14-8-13(16)17-9-18-14/h8-9H,3-7H2,1-2H3. The molecule has 1 fully saturated rings. The van der Waals surface area contributed by atoms with Crippen molar-refractivity contribution in [2.75, 3.05) is 31.1 Å². The number of amides is 1. The number of halogens is 1. The van der Waals surface area contributed by atoms with Crippen LogP contribution in [-0.2, 0) is 11.2 Å². The lowest BCUT2D eigenvalue weighted by atomic mass is 10.1. The van der Waals surface area contributed by atoms with Gasteiger partial charge in [0.1, 0.15) is 23.1 Å². The smallest absolute Gasteiger partial charge is 0.227 e. The fourth-order valence-corrected chi connectivity index (χ4v) is 2.84. The van der Waals surface area contributed by atoms with Crippen LogP contribution in [0.1, 0.15) is 17.0 Å². The fraction of sp³-hybridized carbons (Fsp3) is 0.467. The Morgan fingerprint density at radius 2 is 2.00 bits per heavy atom. The van der Waals surface area contributed by atoms with E-state index in [1.165, 1.54) is 6.33 Å². The summed E-state index contributed by atoms with van der Waals surface area (Å²) in [5, 5.41) is 4.32. The summed E-state index contributed by atoms with van der Waals surface area (Å²) in [6.07, 6.45) is 1.78. The minimum absolute atomic E-state index is 0.0970. The first-order valence-electron chi connectivity index (χ1n) is 7.46. The number of carbonyl (C=O) groups excluding carboxylic acids is 1. The van der Waals surface area contributed by atoms with Gasteiger partial charge in [-0.15, -0.1) is 0 Å². The lowest BCUT2D eigenvalue weighted by molar-refractivity contribution is -0.130. The Hall–Kier alpha value is -2.15. The SMILES string of the molecule is Cc1noc(C)c1CC(=O)N1CCN(c2cc(Cl)ncn2)CC1. The molecule has 2 aromatic rings. The quantitative estimate of drug-likeness (QED) is 0.793. The molecule has 3 rings (SSSR count). The average Bonchev–Trinajstić information content (AvgIpc) is 2.87. The molecule has 1 aliphatic heterocycles. The first-order chi connectivity index (χ1) is 11.0. The predicted molar refractivity (Wildman–Crippen MR) is 85.5 cm³/mol. The molecule has 7 nitrogen and oxygen atoms in total. The van der Waals surface area contributed by atoms with Crippen molar-refractivity contribution in [1.82, 2.24) is 20.0 Å². The number of piperazine rings is 1. The molecule has 0 unspecified atom stereocenters. The Balaban J connectivity index is 1.59. The van der Waals surface area contributed by atoms with Crippen molar-refractivity contribution in [3.05, 3.63) is 34.6 Å². The number of hydrogen-bond acceptors (Lipinski definition) is 6. The van der Waals surface area contributed by atoms with E-state index in [4.69, 9.17) is 16.1 Å². The Morgan fingerprint density at radius 3 is 2.61 bits per heavy atom. The summed E-state index contributed by atoms with van der Waals surface area (Å²) < 4.78 is 5.11. The summed E-state index contributed by atoms with van der Waals surface area (Å²) in [5.41, 5.74) is 1.67. The van der Waals surface area contributed by atoms with Crippen molar-refractivity contribution in [2.45, 2.75) is 20.3 Å². The Kier molecular flexibility index (Phi) is 4.47. The molecule has 0 aliphatic carbocycles. The van der Waals surface area contributed by atoms with Crippen LogP contribution < -0.4 is 4.90 Å². The molecule has 2 aromatic heterocycles. The summed E-state index contributed by atoms with van der Waals surface area (Å²) in [6, 6.07) is 1.74. The monoisotopic (exact) mass is 335 g/mol.